The highest BCUT2D eigenvalue weighted by Gasteiger charge is 2.33. The second-order valence-corrected chi connectivity index (χ2v) is 8.60. The molecule has 2 heterocycles. The zero-order valence-electron chi connectivity index (χ0n) is 18.6. The standard InChI is InChI=1S/C22H32N6O2/c1-6-19(20-24-25-26-28(20)22(4,5)7-2)27(10-11-29)14-17-13-16-12-15(3)8-9-18(16)23-21(17)30/h8-9,12-13,19,29H,6-7,10-11,14H2,1-5H3,(H,23,30)/p+1/t19-/m1/s1. The number of hydrogen-bond donors (Lipinski definition) is 3. The van der Waals surface area contributed by atoms with Crippen LogP contribution >= 0.6 is 0 Å². The smallest absolute Gasteiger partial charge is 0.257 e. The van der Waals surface area contributed by atoms with Gasteiger partial charge in [-0.3, -0.25) is 4.79 Å². The fraction of sp³-hybridized carbons (Fsp3) is 0.545. The number of rotatable bonds is 9. The first-order chi connectivity index (χ1) is 14.3. The van der Waals surface area contributed by atoms with Crippen molar-refractivity contribution in [1.29, 1.82) is 0 Å². The number of pyridine rings is 1. The number of hydrogen-bond acceptors (Lipinski definition) is 5. The van der Waals surface area contributed by atoms with Crippen molar-refractivity contribution in [1.82, 2.24) is 25.2 Å². The van der Waals surface area contributed by atoms with Crippen LogP contribution in [0.25, 0.3) is 10.9 Å². The van der Waals surface area contributed by atoms with Gasteiger partial charge in [0.15, 0.2) is 0 Å². The number of aryl methyl sites for hydroxylation is 1. The zero-order chi connectivity index (χ0) is 21.9. The predicted molar refractivity (Wildman–Crippen MR) is 116 cm³/mol. The molecule has 0 saturated heterocycles. The molecule has 2 aromatic heterocycles. The Morgan fingerprint density at radius 2 is 2.03 bits per heavy atom. The predicted octanol–water partition coefficient (Wildman–Crippen LogP) is 1.50. The molecule has 0 spiro atoms. The van der Waals surface area contributed by atoms with Gasteiger partial charge in [-0.15, -0.1) is 5.10 Å². The summed E-state index contributed by atoms with van der Waals surface area (Å²) in [5.41, 5.74) is 2.37. The first-order valence-corrected chi connectivity index (χ1v) is 10.7. The van der Waals surface area contributed by atoms with E-state index < -0.39 is 0 Å². The van der Waals surface area contributed by atoms with Gasteiger partial charge in [-0.25, -0.2) is 4.68 Å². The molecule has 162 valence electrons. The molecule has 8 nitrogen and oxygen atoms in total. The van der Waals surface area contributed by atoms with Crippen LogP contribution in [-0.2, 0) is 12.1 Å². The summed E-state index contributed by atoms with van der Waals surface area (Å²) in [7, 11) is 0. The van der Waals surface area contributed by atoms with Gasteiger partial charge in [-0.2, -0.15) is 0 Å². The Morgan fingerprint density at radius 3 is 2.70 bits per heavy atom. The summed E-state index contributed by atoms with van der Waals surface area (Å²) in [4.78, 5) is 16.8. The van der Waals surface area contributed by atoms with E-state index in [0.717, 1.165) is 40.0 Å². The third-order valence-corrected chi connectivity index (χ3v) is 6.07. The monoisotopic (exact) mass is 413 g/mol. The summed E-state index contributed by atoms with van der Waals surface area (Å²) < 4.78 is 1.90. The molecule has 0 fully saturated rings. The van der Waals surface area contributed by atoms with Gasteiger partial charge in [0, 0.05) is 11.9 Å². The second kappa shape index (κ2) is 9.06. The minimum Gasteiger partial charge on any atom is -0.391 e. The van der Waals surface area contributed by atoms with Gasteiger partial charge in [0.25, 0.3) is 5.56 Å². The molecule has 0 saturated carbocycles. The fourth-order valence-corrected chi connectivity index (χ4v) is 3.92. The van der Waals surface area contributed by atoms with Gasteiger partial charge in [-0.1, -0.05) is 25.5 Å². The topological polar surface area (TPSA) is 101 Å². The van der Waals surface area contributed by atoms with Crippen molar-refractivity contribution in [2.75, 3.05) is 13.2 Å². The molecule has 3 rings (SSSR count). The third-order valence-electron chi connectivity index (χ3n) is 6.07. The number of aromatic amines is 1. The first kappa shape index (κ1) is 22.1. The number of aliphatic hydroxyl groups is 1. The minimum absolute atomic E-state index is 0.0230. The number of aliphatic hydroxyl groups excluding tert-OH is 1. The molecule has 0 radical (unpaired) electrons. The van der Waals surface area contributed by atoms with Crippen LogP contribution in [0.4, 0.5) is 0 Å². The molecule has 8 heteroatoms. The summed E-state index contributed by atoms with van der Waals surface area (Å²) in [5, 5.41) is 23.3. The van der Waals surface area contributed by atoms with Crippen LogP contribution in [0.5, 0.6) is 0 Å². The van der Waals surface area contributed by atoms with Crippen LogP contribution in [0.2, 0.25) is 0 Å². The average molecular weight is 414 g/mol. The Hall–Kier alpha value is -2.58. The van der Waals surface area contributed by atoms with Crippen LogP contribution in [0.3, 0.4) is 0 Å². The van der Waals surface area contributed by atoms with Gasteiger partial charge >= 0.3 is 0 Å². The molecule has 1 unspecified atom stereocenters. The quantitative estimate of drug-likeness (QED) is 0.493. The van der Waals surface area contributed by atoms with Crippen LogP contribution < -0.4 is 10.5 Å². The fourth-order valence-electron chi connectivity index (χ4n) is 3.92. The molecule has 0 aliphatic rings. The molecule has 0 aliphatic carbocycles. The van der Waals surface area contributed by atoms with Crippen molar-refractivity contribution in [3.63, 3.8) is 0 Å². The average Bonchev–Trinajstić information content (AvgIpc) is 3.20. The maximum atomic E-state index is 12.8. The van der Waals surface area contributed by atoms with Crippen molar-refractivity contribution < 1.29 is 10.0 Å². The van der Waals surface area contributed by atoms with E-state index >= 15 is 0 Å². The number of nitrogens with zero attached hydrogens (tertiary/aromatic N) is 4. The van der Waals surface area contributed by atoms with Crippen LogP contribution in [0.15, 0.2) is 29.1 Å². The van der Waals surface area contributed by atoms with E-state index in [9.17, 15) is 9.90 Å². The molecule has 1 aromatic carbocycles. The van der Waals surface area contributed by atoms with E-state index in [1.165, 1.54) is 0 Å². The Balaban J connectivity index is 2.00. The molecule has 0 aliphatic heterocycles. The molecule has 0 amide bonds. The summed E-state index contributed by atoms with van der Waals surface area (Å²) in [6.07, 6.45) is 1.68. The third kappa shape index (κ3) is 4.44. The number of nitrogens with one attached hydrogen (secondary N) is 2. The summed E-state index contributed by atoms with van der Waals surface area (Å²) in [5.74, 6) is 0.792. The second-order valence-electron chi connectivity index (χ2n) is 8.60. The lowest BCUT2D eigenvalue weighted by Crippen LogP contribution is -3.11. The van der Waals surface area contributed by atoms with Crippen LogP contribution in [0, 0.1) is 6.92 Å². The number of benzene rings is 1. The lowest BCUT2D eigenvalue weighted by atomic mass is 10.0. The number of quaternary nitrogens is 1. The van der Waals surface area contributed by atoms with E-state index in [1.54, 1.807) is 0 Å². The van der Waals surface area contributed by atoms with Crippen molar-refractivity contribution in [3.8, 4) is 0 Å². The first-order valence-electron chi connectivity index (χ1n) is 10.7. The molecule has 30 heavy (non-hydrogen) atoms. The van der Waals surface area contributed by atoms with Crippen molar-refractivity contribution in [3.05, 3.63) is 51.6 Å². The summed E-state index contributed by atoms with van der Waals surface area (Å²) >= 11 is 0. The summed E-state index contributed by atoms with van der Waals surface area (Å²) in [6.45, 7) is 11.5. The Labute approximate surface area is 176 Å². The van der Waals surface area contributed by atoms with Crippen LogP contribution in [-0.4, -0.2) is 43.4 Å². The number of tetrazole rings is 1. The lowest BCUT2D eigenvalue weighted by molar-refractivity contribution is -0.946. The maximum absolute atomic E-state index is 12.8. The molecule has 3 aromatic rings. The largest absolute Gasteiger partial charge is 0.391 e. The molecule has 0 bridgehead atoms. The lowest BCUT2D eigenvalue weighted by Gasteiger charge is -2.30. The van der Waals surface area contributed by atoms with Crippen LogP contribution in [0.1, 0.15) is 63.5 Å². The Morgan fingerprint density at radius 1 is 1.27 bits per heavy atom. The number of aromatic nitrogens is 5. The highest BCUT2D eigenvalue weighted by molar-refractivity contribution is 5.79. The summed E-state index contributed by atoms with van der Waals surface area (Å²) in [6, 6.07) is 7.92. The van der Waals surface area contributed by atoms with E-state index in [-0.39, 0.29) is 23.7 Å². The maximum Gasteiger partial charge on any atom is 0.257 e. The van der Waals surface area contributed by atoms with E-state index in [4.69, 9.17) is 0 Å². The molecule has 3 N–H and O–H groups in total. The SMILES string of the molecule is CC[C@H](c1nnnn1C(C)(C)CC)[NH+](CCO)Cc1cc2cc(C)ccc2[nH]c1=O. The van der Waals surface area contributed by atoms with Crippen molar-refractivity contribution >= 4 is 10.9 Å². The van der Waals surface area contributed by atoms with Crippen molar-refractivity contribution in [2.24, 2.45) is 0 Å². The molecule has 2 atom stereocenters. The van der Waals surface area contributed by atoms with E-state index in [1.807, 2.05) is 29.8 Å². The highest BCUT2D eigenvalue weighted by Crippen LogP contribution is 2.22. The number of H-pyrrole nitrogens is 1. The van der Waals surface area contributed by atoms with Gasteiger partial charge in [0.1, 0.15) is 19.1 Å². The normalized spacial score (nSPS) is 14.2. The van der Waals surface area contributed by atoms with Crippen molar-refractivity contribution in [2.45, 2.75) is 65.6 Å². The zero-order valence-corrected chi connectivity index (χ0v) is 18.6. The Kier molecular flexibility index (Phi) is 6.67. The molecular formula is C22H33N6O2+. The van der Waals surface area contributed by atoms with Gasteiger partial charge in [-0.05, 0) is 61.2 Å². The van der Waals surface area contributed by atoms with Gasteiger partial charge in [0.05, 0.1) is 17.7 Å². The highest BCUT2D eigenvalue weighted by atomic mass is 16.3. The Bertz CT molecular complexity index is 1060. The number of fused-ring (bicyclic) bond motifs is 1. The van der Waals surface area contributed by atoms with Gasteiger partial charge < -0.3 is 15.0 Å². The van der Waals surface area contributed by atoms with E-state index in [0.29, 0.717) is 18.7 Å². The van der Waals surface area contributed by atoms with Gasteiger partial charge in [0.2, 0.25) is 5.82 Å². The molecular weight excluding hydrogens is 380 g/mol. The van der Waals surface area contributed by atoms with E-state index in [2.05, 4.69) is 54.3 Å². The minimum atomic E-state index is -0.214.